The second-order valence-corrected chi connectivity index (χ2v) is 10.1. The first-order chi connectivity index (χ1) is 14.7. The molecule has 3 rings (SSSR count). The highest BCUT2D eigenvalue weighted by molar-refractivity contribution is 7.89. The monoisotopic (exact) mass is 465 g/mol. The molecule has 0 spiro atoms. The molecule has 1 saturated heterocycles. The lowest BCUT2D eigenvalue weighted by atomic mass is 10.1. The number of sulfonamides is 1. The minimum Gasteiger partial charge on any atom is -0.492 e. The molecule has 1 aliphatic heterocycles. The number of likely N-dealkylation sites (N-methyl/N-ethyl adjacent to an activating group) is 1. The molecule has 0 aliphatic carbocycles. The number of nitrogens with zero attached hydrogens (tertiary/aromatic N) is 2. The topological polar surface area (TPSA) is 78.9 Å². The Morgan fingerprint density at radius 3 is 2.35 bits per heavy atom. The number of halogens is 1. The maximum absolute atomic E-state index is 13.0. The molecule has 0 atom stereocenters. The molecule has 1 N–H and O–H groups in total. The van der Waals surface area contributed by atoms with Gasteiger partial charge in [-0.1, -0.05) is 17.7 Å². The highest BCUT2D eigenvalue weighted by atomic mass is 35.5. The first kappa shape index (κ1) is 23.5. The molecule has 2 aromatic rings. The summed E-state index contributed by atoms with van der Waals surface area (Å²) in [5, 5.41) is 2.86. The lowest BCUT2D eigenvalue weighted by Gasteiger charge is -2.31. The minimum atomic E-state index is -3.77. The molecule has 1 aliphatic rings. The number of ether oxygens (including phenoxy) is 1. The number of hydrogen-bond donors (Lipinski definition) is 1. The number of nitrogens with one attached hydrogen (secondary N) is 1. The lowest BCUT2D eigenvalue weighted by molar-refractivity contribution is 0.0946. The van der Waals surface area contributed by atoms with Gasteiger partial charge in [-0.05, 0) is 62.4 Å². The van der Waals surface area contributed by atoms with E-state index >= 15 is 0 Å². The van der Waals surface area contributed by atoms with Crippen LogP contribution < -0.4 is 10.1 Å². The third-order valence-corrected chi connectivity index (χ3v) is 7.51. The zero-order valence-electron chi connectivity index (χ0n) is 18.0. The van der Waals surface area contributed by atoms with Crippen molar-refractivity contribution < 1.29 is 17.9 Å². The van der Waals surface area contributed by atoms with Crippen LogP contribution in [0.2, 0.25) is 5.02 Å². The predicted molar refractivity (Wildman–Crippen MR) is 121 cm³/mol. The van der Waals surface area contributed by atoms with Gasteiger partial charge in [0.25, 0.3) is 5.91 Å². The molecule has 9 heteroatoms. The average Bonchev–Trinajstić information content (AvgIpc) is 2.71. The Hall–Kier alpha value is -2.13. The molecule has 1 fully saturated rings. The van der Waals surface area contributed by atoms with E-state index in [1.807, 2.05) is 33.0 Å². The molecule has 0 bridgehead atoms. The minimum absolute atomic E-state index is 0.0437. The van der Waals surface area contributed by atoms with Gasteiger partial charge in [0.15, 0.2) is 0 Å². The van der Waals surface area contributed by atoms with Crippen molar-refractivity contribution in [3.05, 3.63) is 58.1 Å². The van der Waals surface area contributed by atoms with Crippen LogP contribution in [0.3, 0.4) is 0 Å². The number of piperazine rings is 1. The van der Waals surface area contributed by atoms with E-state index in [1.165, 1.54) is 22.5 Å². The van der Waals surface area contributed by atoms with Gasteiger partial charge in [0.05, 0.1) is 11.6 Å². The van der Waals surface area contributed by atoms with Crippen LogP contribution in [-0.4, -0.2) is 69.9 Å². The van der Waals surface area contributed by atoms with Gasteiger partial charge in [0.2, 0.25) is 10.0 Å². The normalized spacial score (nSPS) is 15.6. The molecule has 1 heterocycles. The third kappa shape index (κ3) is 5.98. The van der Waals surface area contributed by atoms with Crippen LogP contribution in [0, 0.1) is 13.8 Å². The van der Waals surface area contributed by atoms with E-state index in [0.717, 1.165) is 16.9 Å². The summed E-state index contributed by atoms with van der Waals surface area (Å²) in [5.41, 5.74) is 2.45. The Bertz CT molecular complexity index is 1030. The van der Waals surface area contributed by atoms with Crippen molar-refractivity contribution in [2.24, 2.45) is 0 Å². The van der Waals surface area contributed by atoms with Crippen LogP contribution in [0.15, 0.2) is 41.3 Å². The summed E-state index contributed by atoms with van der Waals surface area (Å²) in [5.74, 6) is 0.370. The number of aryl methyl sites for hydroxylation is 2. The SMILES string of the molecule is Cc1cc(C)cc(OCCNC(=O)c2ccc(Cl)c(S(=O)(=O)N3CCN(C)CC3)c2)c1. The van der Waals surface area contributed by atoms with E-state index in [2.05, 4.69) is 16.3 Å². The zero-order chi connectivity index (χ0) is 22.6. The fraction of sp³-hybridized carbons (Fsp3) is 0.409. The fourth-order valence-electron chi connectivity index (χ4n) is 3.46. The smallest absolute Gasteiger partial charge is 0.251 e. The van der Waals surface area contributed by atoms with Gasteiger partial charge in [0.1, 0.15) is 17.3 Å². The molecule has 1 amide bonds. The molecular weight excluding hydrogens is 438 g/mol. The zero-order valence-corrected chi connectivity index (χ0v) is 19.6. The Morgan fingerprint density at radius 1 is 1.06 bits per heavy atom. The van der Waals surface area contributed by atoms with E-state index in [-0.39, 0.29) is 27.9 Å². The summed E-state index contributed by atoms with van der Waals surface area (Å²) < 4.78 is 33.2. The van der Waals surface area contributed by atoms with E-state index in [4.69, 9.17) is 16.3 Å². The Morgan fingerprint density at radius 2 is 1.71 bits per heavy atom. The maximum Gasteiger partial charge on any atom is 0.251 e. The third-order valence-electron chi connectivity index (χ3n) is 5.13. The van der Waals surface area contributed by atoms with Crippen molar-refractivity contribution in [3.8, 4) is 5.75 Å². The summed E-state index contributed by atoms with van der Waals surface area (Å²) in [6.45, 7) is 6.66. The van der Waals surface area contributed by atoms with Crippen molar-refractivity contribution >= 4 is 27.5 Å². The van der Waals surface area contributed by atoms with Gasteiger partial charge in [0, 0.05) is 31.7 Å². The molecule has 0 saturated carbocycles. The van der Waals surface area contributed by atoms with E-state index < -0.39 is 10.0 Å². The van der Waals surface area contributed by atoms with Gasteiger partial charge >= 0.3 is 0 Å². The molecular formula is C22H28ClN3O4S. The highest BCUT2D eigenvalue weighted by Crippen LogP contribution is 2.26. The second kappa shape index (κ2) is 9.99. The van der Waals surface area contributed by atoms with Crippen molar-refractivity contribution in [1.29, 1.82) is 0 Å². The summed E-state index contributed by atoms with van der Waals surface area (Å²) >= 11 is 6.19. The molecule has 31 heavy (non-hydrogen) atoms. The van der Waals surface area contributed by atoms with Crippen LogP contribution in [-0.2, 0) is 10.0 Å². The number of hydrogen-bond acceptors (Lipinski definition) is 5. The van der Waals surface area contributed by atoms with Crippen molar-refractivity contribution in [2.45, 2.75) is 18.7 Å². The van der Waals surface area contributed by atoms with Gasteiger partial charge in [-0.15, -0.1) is 0 Å². The quantitative estimate of drug-likeness (QED) is 0.636. The van der Waals surface area contributed by atoms with E-state index in [0.29, 0.717) is 32.8 Å². The summed E-state index contributed by atoms with van der Waals surface area (Å²) in [4.78, 5) is 14.6. The van der Waals surface area contributed by atoms with E-state index in [1.54, 1.807) is 0 Å². The van der Waals surface area contributed by atoms with Crippen LogP contribution >= 0.6 is 11.6 Å². The van der Waals surface area contributed by atoms with Gasteiger partial charge in [-0.3, -0.25) is 4.79 Å². The number of carbonyl (C=O) groups is 1. The number of carbonyl (C=O) groups excluding carboxylic acids is 1. The highest BCUT2D eigenvalue weighted by Gasteiger charge is 2.30. The molecule has 2 aromatic carbocycles. The molecule has 7 nitrogen and oxygen atoms in total. The van der Waals surface area contributed by atoms with Gasteiger partial charge < -0.3 is 15.0 Å². The van der Waals surface area contributed by atoms with Crippen molar-refractivity contribution in [3.63, 3.8) is 0 Å². The number of benzene rings is 2. The first-order valence-electron chi connectivity index (χ1n) is 10.1. The Labute approximate surface area is 189 Å². The second-order valence-electron chi connectivity index (χ2n) is 7.78. The summed E-state index contributed by atoms with van der Waals surface area (Å²) in [7, 11) is -1.82. The molecule has 0 radical (unpaired) electrons. The van der Waals surface area contributed by atoms with Crippen molar-refractivity contribution in [2.75, 3.05) is 46.4 Å². The van der Waals surface area contributed by atoms with Crippen LogP contribution in [0.25, 0.3) is 0 Å². The van der Waals surface area contributed by atoms with Gasteiger partial charge in [-0.25, -0.2) is 8.42 Å². The summed E-state index contributed by atoms with van der Waals surface area (Å²) in [6, 6.07) is 10.2. The van der Waals surface area contributed by atoms with Gasteiger partial charge in [-0.2, -0.15) is 4.31 Å². The largest absolute Gasteiger partial charge is 0.492 e. The van der Waals surface area contributed by atoms with Crippen molar-refractivity contribution in [1.82, 2.24) is 14.5 Å². The predicted octanol–water partition coefficient (Wildman–Crippen LogP) is 2.70. The number of amides is 1. The van der Waals surface area contributed by atoms with Crippen LogP contribution in [0.5, 0.6) is 5.75 Å². The fourth-order valence-corrected chi connectivity index (χ4v) is 5.38. The number of rotatable bonds is 7. The summed E-state index contributed by atoms with van der Waals surface area (Å²) in [6.07, 6.45) is 0. The maximum atomic E-state index is 13.0. The van der Waals surface area contributed by atoms with Crippen LogP contribution in [0.1, 0.15) is 21.5 Å². The van der Waals surface area contributed by atoms with Crippen LogP contribution in [0.4, 0.5) is 0 Å². The Kier molecular flexibility index (Phi) is 7.59. The molecule has 168 valence electrons. The molecule has 0 aromatic heterocycles. The molecule has 0 unspecified atom stereocenters. The standard InChI is InChI=1S/C22H28ClN3O4S/c1-16-12-17(2)14-19(13-16)30-11-6-24-22(27)18-4-5-20(23)21(15-18)31(28,29)26-9-7-25(3)8-10-26/h4-5,12-15H,6-11H2,1-3H3,(H,24,27). The van der Waals surface area contributed by atoms with E-state index in [9.17, 15) is 13.2 Å². The Balaban J connectivity index is 1.63. The average molecular weight is 466 g/mol. The first-order valence-corrected chi connectivity index (χ1v) is 12.0. The lowest BCUT2D eigenvalue weighted by Crippen LogP contribution is -2.47.